The number of hydrogen-bond acceptors (Lipinski definition) is 2. The van der Waals surface area contributed by atoms with Crippen LogP contribution in [-0.4, -0.2) is 21.9 Å². The van der Waals surface area contributed by atoms with Crippen LogP contribution in [0.25, 0.3) is 11.3 Å². The number of aromatic amines is 1. The second-order valence-corrected chi connectivity index (χ2v) is 5.43. The van der Waals surface area contributed by atoms with Crippen LogP contribution in [-0.2, 0) is 6.42 Å². The highest BCUT2D eigenvalue weighted by atomic mass is 16.1. The van der Waals surface area contributed by atoms with Gasteiger partial charge in [-0.1, -0.05) is 0 Å². The Bertz CT molecular complexity index is 628. The van der Waals surface area contributed by atoms with Gasteiger partial charge < -0.3 is 10.3 Å². The molecular weight excluding hydrogens is 238 g/mol. The molecule has 2 N–H and O–H groups in total. The van der Waals surface area contributed by atoms with Crippen molar-refractivity contribution in [2.75, 3.05) is 0 Å². The Kier molecular flexibility index (Phi) is 2.24. The Balaban J connectivity index is 1.71. The zero-order valence-corrected chi connectivity index (χ0v) is 10.5. The third kappa shape index (κ3) is 1.84. The molecule has 0 spiro atoms. The fourth-order valence-electron chi connectivity index (χ4n) is 2.85. The quantitative estimate of drug-likeness (QED) is 0.861. The number of rotatable bonds is 2. The van der Waals surface area contributed by atoms with Crippen molar-refractivity contribution in [1.29, 1.82) is 0 Å². The highest BCUT2D eigenvalue weighted by Crippen LogP contribution is 2.36. The molecule has 96 valence electrons. The molecule has 1 aliphatic heterocycles. The molecule has 2 aromatic heterocycles. The molecule has 4 nitrogen and oxygen atoms in total. The van der Waals surface area contributed by atoms with Gasteiger partial charge in [0.2, 0.25) is 0 Å². The summed E-state index contributed by atoms with van der Waals surface area (Å²) in [6.45, 7) is 0. The predicted molar refractivity (Wildman–Crippen MR) is 71.7 cm³/mol. The Labute approximate surface area is 111 Å². The molecule has 4 heteroatoms. The van der Waals surface area contributed by atoms with Gasteiger partial charge in [-0.05, 0) is 37.0 Å². The predicted octanol–water partition coefficient (Wildman–Crippen LogP) is 2.14. The standard InChI is InChI=1S/C15H15N3O/c19-15-11-7-12(10-3-5-16-6-4-10)17-14(11)8-13(18-15)9-1-2-9/h3-7,9,13,17H,1-2,8H2,(H,18,19)/t13-/m1/s1. The number of carbonyl (C=O) groups is 1. The van der Waals surface area contributed by atoms with Gasteiger partial charge in [0.05, 0.1) is 5.56 Å². The van der Waals surface area contributed by atoms with E-state index in [4.69, 9.17) is 0 Å². The van der Waals surface area contributed by atoms with E-state index in [0.29, 0.717) is 12.0 Å². The van der Waals surface area contributed by atoms with Crippen molar-refractivity contribution < 1.29 is 4.79 Å². The molecule has 1 saturated carbocycles. The van der Waals surface area contributed by atoms with E-state index in [-0.39, 0.29) is 5.91 Å². The third-order valence-corrected chi connectivity index (χ3v) is 4.07. The summed E-state index contributed by atoms with van der Waals surface area (Å²) >= 11 is 0. The summed E-state index contributed by atoms with van der Waals surface area (Å²) in [6, 6.07) is 6.17. The number of nitrogens with zero attached hydrogens (tertiary/aromatic N) is 1. The first kappa shape index (κ1) is 10.8. The first-order valence-corrected chi connectivity index (χ1v) is 6.74. The molecule has 0 bridgehead atoms. The lowest BCUT2D eigenvalue weighted by atomic mass is 9.99. The summed E-state index contributed by atoms with van der Waals surface area (Å²) in [7, 11) is 0. The van der Waals surface area contributed by atoms with Gasteiger partial charge in [-0.2, -0.15) is 0 Å². The highest BCUT2D eigenvalue weighted by Gasteiger charge is 2.36. The van der Waals surface area contributed by atoms with E-state index in [1.807, 2.05) is 18.2 Å². The van der Waals surface area contributed by atoms with E-state index in [9.17, 15) is 4.79 Å². The number of hydrogen-bond donors (Lipinski definition) is 2. The number of fused-ring (bicyclic) bond motifs is 1. The molecule has 2 aromatic rings. The molecule has 1 atom stereocenters. The maximum absolute atomic E-state index is 12.1. The van der Waals surface area contributed by atoms with E-state index in [1.165, 1.54) is 12.8 Å². The maximum Gasteiger partial charge on any atom is 0.253 e. The molecule has 0 unspecified atom stereocenters. The van der Waals surface area contributed by atoms with E-state index in [2.05, 4.69) is 15.3 Å². The number of carbonyl (C=O) groups excluding carboxylic acids is 1. The van der Waals surface area contributed by atoms with Gasteiger partial charge in [0.1, 0.15) is 0 Å². The van der Waals surface area contributed by atoms with Gasteiger partial charge in [0.25, 0.3) is 5.91 Å². The second-order valence-electron chi connectivity index (χ2n) is 5.43. The molecule has 1 fully saturated rings. The van der Waals surface area contributed by atoms with Crippen molar-refractivity contribution in [1.82, 2.24) is 15.3 Å². The van der Waals surface area contributed by atoms with Crippen LogP contribution in [0.4, 0.5) is 0 Å². The fourth-order valence-corrected chi connectivity index (χ4v) is 2.85. The molecule has 0 radical (unpaired) electrons. The lowest BCUT2D eigenvalue weighted by Gasteiger charge is -2.23. The summed E-state index contributed by atoms with van der Waals surface area (Å²) in [6.07, 6.45) is 6.96. The molecule has 0 saturated heterocycles. The summed E-state index contributed by atoms with van der Waals surface area (Å²) in [5, 5.41) is 3.13. The minimum atomic E-state index is 0.0645. The van der Waals surface area contributed by atoms with Crippen molar-refractivity contribution in [2.45, 2.75) is 25.3 Å². The monoisotopic (exact) mass is 253 g/mol. The summed E-state index contributed by atoms with van der Waals surface area (Å²) < 4.78 is 0. The van der Waals surface area contributed by atoms with Crippen LogP contribution in [0.5, 0.6) is 0 Å². The van der Waals surface area contributed by atoms with Crippen LogP contribution in [0, 0.1) is 5.92 Å². The molecular formula is C15H15N3O. The van der Waals surface area contributed by atoms with E-state index < -0.39 is 0 Å². The van der Waals surface area contributed by atoms with Crippen LogP contribution in [0.15, 0.2) is 30.6 Å². The average molecular weight is 253 g/mol. The van der Waals surface area contributed by atoms with Crippen molar-refractivity contribution >= 4 is 5.91 Å². The van der Waals surface area contributed by atoms with Crippen molar-refractivity contribution in [3.63, 3.8) is 0 Å². The third-order valence-electron chi connectivity index (χ3n) is 4.07. The summed E-state index contributed by atoms with van der Waals surface area (Å²) in [4.78, 5) is 19.6. The van der Waals surface area contributed by atoms with Gasteiger partial charge in [-0.15, -0.1) is 0 Å². The van der Waals surface area contributed by atoms with E-state index >= 15 is 0 Å². The lowest BCUT2D eigenvalue weighted by Crippen LogP contribution is -2.42. The van der Waals surface area contributed by atoms with Crippen molar-refractivity contribution in [3.05, 3.63) is 41.9 Å². The Morgan fingerprint density at radius 3 is 2.74 bits per heavy atom. The van der Waals surface area contributed by atoms with Crippen LogP contribution in [0.1, 0.15) is 28.9 Å². The molecule has 2 aliphatic rings. The fraction of sp³-hybridized carbons (Fsp3) is 0.333. The maximum atomic E-state index is 12.1. The normalized spacial score (nSPS) is 21.9. The van der Waals surface area contributed by atoms with Crippen molar-refractivity contribution in [2.24, 2.45) is 5.92 Å². The topological polar surface area (TPSA) is 57.8 Å². The molecule has 0 aromatic carbocycles. The minimum absolute atomic E-state index is 0.0645. The molecule has 3 heterocycles. The first-order chi connectivity index (χ1) is 9.31. The SMILES string of the molecule is O=C1N[C@@H](C2CC2)Cc2[nH]c(-c3ccncc3)cc21. The van der Waals surface area contributed by atoms with Crippen LogP contribution in [0.2, 0.25) is 0 Å². The molecule has 19 heavy (non-hydrogen) atoms. The Morgan fingerprint density at radius 1 is 1.21 bits per heavy atom. The zero-order valence-electron chi connectivity index (χ0n) is 10.5. The van der Waals surface area contributed by atoms with Crippen LogP contribution in [0.3, 0.4) is 0 Å². The van der Waals surface area contributed by atoms with Gasteiger partial charge >= 0.3 is 0 Å². The van der Waals surface area contributed by atoms with Crippen LogP contribution < -0.4 is 5.32 Å². The Morgan fingerprint density at radius 2 is 2.00 bits per heavy atom. The summed E-state index contributed by atoms with van der Waals surface area (Å²) in [5.74, 6) is 0.750. The zero-order chi connectivity index (χ0) is 12.8. The number of nitrogens with one attached hydrogen (secondary N) is 2. The highest BCUT2D eigenvalue weighted by molar-refractivity contribution is 5.98. The number of H-pyrrole nitrogens is 1. The van der Waals surface area contributed by atoms with Gasteiger partial charge in [-0.3, -0.25) is 9.78 Å². The number of aromatic nitrogens is 2. The number of amides is 1. The Hall–Kier alpha value is -2.10. The van der Waals surface area contributed by atoms with Gasteiger partial charge in [-0.25, -0.2) is 0 Å². The summed E-state index contributed by atoms with van der Waals surface area (Å²) in [5.41, 5.74) is 3.94. The minimum Gasteiger partial charge on any atom is -0.358 e. The van der Waals surface area contributed by atoms with E-state index in [0.717, 1.165) is 28.9 Å². The molecule has 4 rings (SSSR count). The van der Waals surface area contributed by atoms with Crippen molar-refractivity contribution in [3.8, 4) is 11.3 Å². The smallest absolute Gasteiger partial charge is 0.253 e. The number of pyridine rings is 1. The van der Waals surface area contributed by atoms with Gasteiger partial charge in [0, 0.05) is 41.8 Å². The molecule has 1 amide bonds. The lowest BCUT2D eigenvalue weighted by molar-refractivity contribution is 0.0919. The molecule has 1 aliphatic carbocycles. The van der Waals surface area contributed by atoms with E-state index in [1.54, 1.807) is 12.4 Å². The largest absolute Gasteiger partial charge is 0.358 e. The average Bonchev–Trinajstić information content (AvgIpc) is 3.19. The van der Waals surface area contributed by atoms with Crippen LogP contribution >= 0.6 is 0 Å². The first-order valence-electron chi connectivity index (χ1n) is 6.74. The second kappa shape index (κ2) is 3.95. The van der Waals surface area contributed by atoms with Gasteiger partial charge in [0.15, 0.2) is 0 Å².